The van der Waals surface area contributed by atoms with Crippen LogP contribution in [0.15, 0.2) is 12.3 Å². The molecule has 1 saturated carbocycles. The van der Waals surface area contributed by atoms with Crippen molar-refractivity contribution in [1.29, 1.82) is 0 Å². The van der Waals surface area contributed by atoms with E-state index in [2.05, 4.69) is 4.98 Å². The first-order valence-electron chi connectivity index (χ1n) is 7.31. The van der Waals surface area contributed by atoms with Gasteiger partial charge in [-0.05, 0) is 44.7 Å². The average Bonchev–Trinajstić information content (AvgIpc) is 2.35. The molecule has 1 N–H and O–H groups in total. The third kappa shape index (κ3) is 2.64. The Hall–Kier alpha value is -1.56. The first-order valence-corrected chi connectivity index (χ1v) is 7.31. The number of pyridine rings is 1. The molecule has 1 amide bonds. The highest BCUT2D eigenvalue weighted by molar-refractivity contribution is 6.10. The summed E-state index contributed by atoms with van der Waals surface area (Å²) in [5, 5.41) is 9.53. The molecule has 21 heavy (non-hydrogen) atoms. The second-order valence-corrected chi connectivity index (χ2v) is 6.27. The fourth-order valence-electron chi connectivity index (χ4n) is 3.41. The van der Waals surface area contributed by atoms with E-state index in [0.717, 1.165) is 18.4 Å². The Morgan fingerprint density at radius 3 is 2.90 bits per heavy atom. The van der Waals surface area contributed by atoms with Crippen LogP contribution < -0.4 is 4.90 Å². The Kier molecular flexibility index (Phi) is 3.44. The predicted octanol–water partition coefficient (Wildman–Crippen LogP) is 1.52. The van der Waals surface area contributed by atoms with Gasteiger partial charge >= 0.3 is 0 Å². The van der Waals surface area contributed by atoms with Crippen LogP contribution in [0.3, 0.4) is 0 Å². The maximum Gasteiger partial charge on any atom is 0.228 e. The van der Waals surface area contributed by atoms with Crippen molar-refractivity contribution < 1.29 is 14.6 Å². The summed E-state index contributed by atoms with van der Waals surface area (Å²) in [5.41, 5.74) is 0.657. The maximum absolute atomic E-state index is 12.3. The SMILES string of the molecule is [B][C@H](C)OC1(C)CC(N2C(=O)CCc3cc(O)cnc32)C1. The molecule has 1 aliphatic heterocycles. The molecule has 0 saturated heterocycles. The highest BCUT2D eigenvalue weighted by Crippen LogP contribution is 2.43. The van der Waals surface area contributed by atoms with Crippen LogP contribution >= 0.6 is 0 Å². The van der Waals surface area contributed by atoms with Gasteiger partial charge < -0.3 is 9.84 Å². The van der Waals surface area contributed by atoms with Crippen molar-refractivity contribution in [3.05, 3.63) is 17.8 Å². The molecule has 2 heterocycles. The Morgan fingerprint density at radius 2 is 2.24 bits per heavy atom. The zero-order chi connectivity index (χ0) is 15.2. The third-order valence-electron chi connectivity index (χ3n) is 4.20. The summed E-state index contributed by atoms with van der Waals surface area (Å²) in [4.78, 5) is 18.3. The Labute approximate surface area is 125 Å². The average molecular weight is 286 g/mol. The second-order valence-electron chi connectivity index (χ2n) is 6.27. The zero-order valence-electron chi connectivity index (χ0n) is 12.4. The number of ether oxygens (including phenoxy) is 1. The number of hydrogen-bond donors (Lipinski definition) is 1. The molecule has 6 heteroatoms. The highest BCUT2D eigenvalue weighted by Gasteiger charge is 2.47. The summed E-state index contributed by atoms with van der Waals surface area (Å²) in [6.45, 7) is 3.83. The Balaban J connectivity index is 1.80. The number of hydrogen-bond acceptors (Lipinski definition) is 4. The van der Waals surface area contributed by atoms with E-state index < -0.39 is 0 Å². The van der Waals surface area contributed by atoms with Crippen LogP contribution in [0.1, 0.15) is 38.7 Å². The first kappa shape index (κ1) is 14.4. The molecule has 0 bridgehead atoms. The zero-order valence-corrected chi connectivity index (χ0v) is 12.4. The van der Waals surface area contributed by atoms with E-state index in [-0.39, 0.29) is 29.3 Å². The van der Waals surface area contributed by atoms with Crippen LogP contribution in [0.25, 0.3) is 0 Å². The lowest BCUT2D eigenvalue weighted by atomic mass is 9.75. The smallest absolute Gasteiger partial charge is 0.228 e. The van der Waals surface area contributed by atoms with Crippen LogP contribution in [0.2, 0.25) is 0 Å². The number of amides is 1. The summed E-state index contributed by atoms with van der Waals surface area (Å²) in [5.74, 6) is 0.909. The van der Waals surface area contributed by atoms with Crippen molar-refractivity contribution in [2.45, 2.75) is 57.2 Å². The minimum Gasteiger partial charge on any atom is -0.506 e. The standard InChI is InChI=1S/C15H19BN2O3/c1-9(16)21-15(2)6-11(7-15)18-13(20)4-3-10-5-12(19)8-17-14(10)18/h5,8-9,11,19H,3-4,6-7H2,1-2H3/t9-,11?,15?/m0/s1. The number of rotatable bonds is 3. The molecule has 1 fully saturated rings. The fraction of sp³-hybridized carbons (Fsp3) is 0.600. The van der Waals surface area contributed by atoms with Gasteiger partial charge in [-0.25, -0.2) is 4.98 Å². The van der Waals surface area contributed by atoms with E-state index in [0.29, 0.717) is 18.7 Å². The fourth-order valence-corrected chi connectivity index (χ4v) is 3.41. The maximum atomic E-state index is 12.3. The number of fused-ring (bicyclic) bond motifs is 1. The molecular weight excluding hydrogens is 267 g/mol. The van der Waals surface area contributed by atoms with E-state index >= 15 is 0 Å². The van der Waals surface area contributed by atoms with Crippen molar-refractivity contribution in [1.82, 2.24) is 4.98 Å². The van der Waals surface area contributed by atoms with Crippen LogP contribution in [0.4, 0.5) is 5.82 Å². The van der Waals surface area contributed by atoms with Crippen LogP contribution in [-0.2, 0) is 16.0 Å². The van der Waals surface area contributed by atoms with Crippen molar-refractivity contribution in [2.24, 2.45) is 0 Å². The molecular formula is C15H19BN2O3. The number of aryl methyl sites for hydroxylation is 1. The Bertz CT molecular complexity index is 570. The summed E-state index contributed by atoms with van der Waals surface area (Å²) in [6, 6.07) is 1.48. The molecule has 5 nitrogen and oxygen atoms in total. The largest absolute Gasteiger partial charge is 0.506 e. The molecule has 3 rings (SSSR count). The topological polar surface area (TPSA) is 62.7 Å². The normalized spacial score (nSPS) is 29.7. The summed E-state index contributed by atoms with van der Waals surface area (Å²) in [6.07, 6.45) is 3.98. The molecule has 110 valence electrons. The van der Waals surface area contributed by atoms with E-state index in [9.17, 15) is 9.90 Å². The van der Waals surface area contributed by atoms with Gasteiger partial charge in [-0.15, -0.1) is 0 Å². The number of nitrogens with zero attached hydrogens (tertiary/aromatic N) is 2. The van der Waals surface area contributed by atoms with Crippen LogP contribution in [0, 0.1) is 0 Å². The first-order chi connectivity index (χ1) is 9.88. The van der Waals surface area contributed by atoms with E-state index in [4.69, 9.17) is 12.6 Å². The van der Waals surface area contributed by atoms with Gasteiger partial charge in [0.1, 0.15) is 19.4 Å². The van der Waals surface area contributed by atoms with E-state index in [1.807, 2.05) is 13.8 Å². The quantitative estimate of drug-likeness (QED) is 0.856. The summed E-state index contributed by atoms with van der Waals surface area (Å²) < 4.78 is 5.72. The highest BCUT2D eigenvalue weighted by atomic mass is 16.5. The van der Waals surface area contributed by atoms with Gasteiger partial charge in [0.2, 0.25) is 5.91 Å². The van der Waals surface area contributed by atoms with Gasteiger partial charge in [0.25, 0.3) is 0 Å². The monoisotopic (exact) mass is 286 g/mol. The van der Waals surface area contributed by atoms with Crippen molar-refractivity contribution in [2.75, 3.05) is 4.90 Å². The van der Waals surface area contributed by atoms with Crippen molar-refractivity contribution in [3.8, 4) is 5.75 Å². The van der Waals surface area contributed by atoms with Crippen molar-refractivity contribution >= 4 is 19.6 Å². The number of aromatic hydroxyl groups is 1. The molecule has 1 atom stereocenters. The van der Waals surface area contributed by atoms with Gasteiger partial charge in [0.15, 0.2) is 0 Å². The second kappa shape index (κ2) is 5.02. The molecule has 0 unspecified atom stereocenters. The summed E-state index contributed by atoms with van der Waals surface area (Å²) >= 11 is 0. The third-order valence-corrected chi connectivity index (χ3v) is 4.20. The number of carbonyl (C=O) groups excluding carboxylic acids is 1. The van der Waals surface area contributed by atoms with Gasteiger partial charge in [-0.2, -0.15) is 0 Å². The van der Waals surface area contributed by atoms with Gasteiger partial charge in [-0.3, -0.25) is 9.69 Å². The van der Waals surface area contributed by atoms with Gasteiger partial charge in [-0.1, -0.05) is 0 Å². The lowest BCUT2D eigenvalue weighted by molar-refractivity contribution is -0.126. The number of aromatic nitrogens is 1. The number of carbonyl (C=O) groups is 1. The van der Waals surface area contributed by atoms with Gasteiger partial charge in [0, 0.05) is 18.5 Å². The molecule has 0 aromatic carbocycles. The minimum atomic E-state index is -0.310. The Morgan fingerprint density at radius 1 is 1.52 bits per heavy atom. The number of anilines is 1. The van der Waals surface area contributed by atoms with Crippen LogP contribution in [-0.4, -0.2) is 41.5 Å². The van der Waals surface area contributed by atoms with Crippen LogP contribution in [0.5, 0.6) is 5.75 Å². The van der Waals surface area contributed by atoms with E-state index in [1.54, 1.807) is 11.0 Å². The van der Waals surface area contributed by atoms with E-state index in [1.165, 1.54) is 6.20 Å². The van der Waals surface area contributed by atoms with Gasteiger partial charge in [0.05, 0.1) is 11.8 Å². The molecule has 1 aromatic rings. The molecule has 1 aliphatic carbocycles. The predicted molar refractivity (Wildman–Crippen MR) is 79.4 cm³/mol. The lowest BCUT2D eigenvalue weighted by Crippen LogP contribution is -2.58. The minimum absolute atomic E-state index is 0.0912. The van der Waals surface area contributed by atoms with Crippen molar-refractivity contribution in [3.63, 3.8) is 0 Å². The summed E-state index contributed by atoms with van der Waals surface area (Å²) in [7, 11) is 5.69. The molecule has 2 radical (unpaired) electrons. The molecule has 2 aliphatic rings. The lowest BCUT2D eigenvalue weighted by Gasteiger charge is -2.51. The molecule has 0 spiro atoms. The molecule has 1 aromatic heterocycles.